The van der Waals surface area contributed by atoms with Crippen molar-refractivity contribution in [2.75, 3.05) is 18.0 Å². The molecule has 0 saturated carbocycles. The Labute approximate surface area is 145 Å². The highest BCUT2D eigenvalue weighted by molar-refractivity contribution is 5.94. The Balaban J connectivity index is 1.71. The van der Waals surface area contributed by atoms with Gasteiger partial charge in [-0.3, -0.25) is 9.59 Å². The predicted octanol–water partition coefficient (Wildman–Crippen LogP) is 2.53. The number of hydrogen-bond acceptors (Lipinski definition) is 3. The number of carbonyl (C=O) groups is 1. The number of rotatable bonds is 3. The average Bonchev–Trinajstić information content (AvgIpc) is 2.55. The summed E-state index contributed by atoms with van der Waals surface area (Å²) in [6.45, 7) is 5.16. The molecule has 1 saturated heterocycles. The van der Waals surface area contributed by atoms with Crippen LogP contribution in [0.1, 0.15) is 34.5 Å². The molecule has 1 amide bonds. The number of aromatic amines is 1. The number of carbonyl (C=O) groups excluding carboxylic acids is 1. The van der Waals surface area contributed by atoms with E-state index in [2.05, 4.69) is 15.2 Å². The third kappa shape index (κ3) is 3.90. The number of amides is 1. The van der Waals surface area contributed by atoms with Crippen molar-refractivity contribution in [3.63, 3.8) is 0 Å². The highest BCUT2D eigenvalue weighted by Gasteiger charge is 2.23. The average molecular weight is 343 g/mol. The van der Waals surface area contributed by atoms with Crippen molar-refractivity contribution in [1.29, 1.82) is 0 Å². The molecule has 0 aliphatic carbocycles. The molecule has 1 atom stereocenters. The van der Waals surface area contributed by atoms with Crippen LogP contribution in [0, 0.1) is 19.7 Å². The molecule has 0 spiro atoms. The molecule has 1 aliphatic rings. The minimum Gasteiger partial charge on any atom is -0.369 e. The number of hydrogen-bond donors (Lipinski definition) is 2. The van der Waals surface area contributed by atoms with Crippen LogP contribution in [-0.2, 0) is 0 Å². The van der Waals surface area contributed by atoms with Gasteiger partial charge in [0.1, 0.15) is 11.4 Å². The lowest BCUT2D eigenvalue weighted by atomic mass is 10.0. The van der Waals surface area contributed by atoms with Gasteiger partial charge < -0.3 is 15.2 Å². The fourth-order valence-electron chi connectivity index (χ4n) is 3.30. The SMILES string of the molecule is Cc1ccc(C(=O)NC2CCCN(c3ccc(F)cc3C)C2)c(=O)[nH]1. The molecule has 2 N–H and O–H groups in total. The topological polar surface area (TPSA) is 65.2 Å². The van der Waals surface area contributed by atoms with Crippen LogP contribution in [0.3, 0.4) is 0 Å². The van der Waals surface area contributed by atoms with E-state index in [0.29, 0.717) is 6.54 Å². The molecule has 6 heteroatoms. The number of pyridine rings is 1. The van der Waals surface area contributed by atoms with Crippen molar-refractivity contribution >= 4 is 11.6 Å². The fourth-order valence-corrected chi connectivity index (χ4v) is 3.30. The van der Waals surface area contributed by atoms with Crippen molar-refractivity contribution < 1.29 is 9.18 Å². The Bertz CT molecular complexity index is 847. The maximum Gasteiger partial charge on any atom is 0.260 e. The number of H-pyrrole nitrogens is 1. The number of nitrogens with one attached hydrogen (secondary N) is 2. The summed E-state index contributed by atoms with van der Waals surface area (Å²) in [7, 11) is 0. The molecule has 0 radical (unpaired) electrons. The maximum absolute atomic E-state index is 13.3. The van der Waals surface area contributed by atoms with Gasteiger partial charge in [0.25, 0.3) is 11.5 Å². The van der Waals surface area contributed by atoms with Gasteiger partial charge in [-0.05, 0) is 62.6 Å². The van der Waals surface area contributed by atoms with E-state index >= 15 is 0 Å². The van der Waals surface area contributed by atoms with Gasteiger partial charge in [0, 0.05) is 30.5 Å². The lowest BCUT2D eigenvalue weighted by Gasteiger charge is -2.35. The maximum atomic E-state index is 13.3. The van der Waals surface area contributed by atoms with E-state index in [1.165, 1.54) is 12.1 Å². The van der Waals surface area contributed by atoms with Crippen LogP contribution in [0.5, 0.6) is 0 Å². The van der Waals surface area contributed by atoms with E-state index < -0.39 is 0 Å². The first-order chi connectivity index (χ1) is 11.9. The molecule has 25 heavy (non-hydrogen) atoms. The zero-order chi connectivity index (χ0) is 18.0. The summed E-state index contributed by atoms with van der Waals surface area (Å²) in [5.74, 6) is -0.606. The molecular weight excluding hydrogens is 321 g/mol. The summed E-state index contributed by atoms with van der Waals surface area (Å²) in [4.78, 5) is 29.1. The standard InChI is InChI=1S/C19H22FN3O2/c1-12-10-14(20)6-8-17(12)23-9-3-4-15(11-23)22-19(25)16-7-5-13(2)21-18(16)24/h5-8,10,15H,3-4,9,11H2,1-2H3,(H,21,24)(H,22,25). The number of piperidine rings is 1. The van der Waals surface area contributed by atoms with Crippen molar-refractivity contribution in [3.05, 3.63) is 63.3 Å². The molecule has 1 aromatic carbocycles. The van der Waals surface area contributed by atoms with E-state index in [1.54, 1.807) is 25.1 Å². The van der Waals surface area contributed by atoms with E-state index in [4.69, 9.17) is 0 Å². The number of anilines is 1. The number of benzene rings is 1. The highest BCUT2D eigenvalue weighted by atomic mass is 19.1. The normalized spacial score (nSPS) is 17.4. The molecule has 1 aliphatic heterocycles. The molecule has 132 valence electrons. The van der Waals surface area contributed by atoms with Gasteiger partial charge in [0.2, 0.25) is 0 Å². The Morgan fingerprint density at radius 1 is 1.28 bits per heavy atom. The van der Waals surface area contributed by atoms with Crippen LogP contribution in [0.15, 0.2) is 35.1 Å². The van der Waals surface area contributed by atoms with Crippen LogP contribution in [0.4, 0.5) is 10.1 Å². The molecule has 2 aromatic rings. The summed E-state index contributed by atoms with van der Waals surface area (Å²) in [6, 6.07) is 7.96. The summed E-state index contributed by atoms with van der Waals surface area (Å²) < 4.78 is 13.3. The van der Waals surface area contributed by atoms with Crippen LogP contribution >= 0.6 is 0 Å². The second kappa shape index (κ2) is 7.09. The third-order valence-electron chi connectivity index (χ3n) is 4.56. The number of nitrogens with zero attached hydrogens (tertiary/aromatic N) is 1. The number of aromatic nitrogens is 1. The van der Waals surface area contributed by atoms with Gasteiger partial charge in [0.15, 0.2) is 0 Å². The van der Waals surface area contributed by atoms with Crippen molar-refractivity contribution in [1.82, 2.24) is 10.3 Å². The lowest BCUT2D eigenvalue weighted by Crippen LogP contribution is -2.48. The van der Waals surface area contributed by atoms with E-state index in [1.807, 2.05) is 6.92 Å². The van der Waals surface area contributed by atoms with Crippen molar-refractivity contribution in [2.45, 2.75) is 32.7 Å². The van der Waals surface area contributed by atoms with E-state index in [9.17, 15) is 14.0 Å². The van der Waals surface area contributed by atoms with Crippen LogP contribution < -0.4 is 15.8 Å². The van der Waals surface area contributed by atoms with Crippen LogP contribution in [0.2, 0.25) is 0 Å². The monoisotopic (exact) mass is 343 g/mol. The molecule has 5 nitrogen and oxygen atoms in total. The zero-order valence-corrected chi connectivity index (χ0v) is 14.4. The van der Waals surface area contributed by atoms with Crippen LogP contribution in [0.25, 0.3) is 0 Å². The highest BCUT2D eigenvalue weighted by Crippen LogP contribution is 2.24. The van der Waals surface area contributed by atoms with Gasteiger partial charge in [0.05, 0.1) is 0 Å². The largest absolute Gasteiger partial charge is 0.369 e. The Morgan fingerprint density at radius 3 is 2.80 bits per heavy atom. The Hall–Kier alpha value is -2.63. The quantitative estimate of drug-likeness (QED) is 0.900. The fraction of sp³-hybridized carbons (Fsp3) is 0.368. The first-order valence-corrected chi connectivity index (χ1v) is 8.46. The molecule has 1 aromatic heterocycles. The smallest absolute Gasteiger partial charge is 0.260 e. The van der Waals surface area contributed by atoms with Gasteiger partial charge in [-0.2, -0.15) is 0 Å². The first kappa shape index (κ1) is 17.2. The zero-order valence-electron chi connectivity index (χ0n) is 14.4. The van der Waals surface area contributed by atoms with Gasteiger partial charge in [-0.15, -0.1) is 0 Å². The summed E-state index contributed by atoms with van der Waals surface area (Å²) in [6.07, 6.45) is 1.78. The Morgan fingerprint density at radius 2 is 2.08 bits per heavy atom. The minimum atomic E-state index is -0.375. The molecule has 1 fully saturated rings. The molecule has 1 unspecified atom stereocenters. The van der Waals surface area contributed by atoms with Gasteiger partial charge in [-0.1, -0.05) is 0 Å². The van der Waals surface area contributed by atoms with Crippen molar-refractivity contribution in [3.8, 4) is 0 Å². The molecule has 2 heterocycles. The molecular formula is C19H22FN3O2. The van der Waals surface area contributed by atoms with E-state index in [-0.39, 0.29) is 28.9 Å². The minimum absolute atomic E-state index is 0.0496. The molecule has 0 bridgehead atoms. The van der Waals surface area contributed by atoms with Gasteiger partial charge >= 0.3 is 0 Å². The van der Waals surface area contributed by atoms with Gasteiger partial charge in [-0.25, -0.2) is 4.39 Å². The predicted molar refractivity (Wildman–Crippen MR) is 95.6 cm³/mol. The second-order valence-corrected chi connectivity index (χ2v) is 6.57. The first-order valence-electron chi connectivity index (χ1n) is 8.46. The lowest BCUT2D eigenvalue weighted by molar-refractivity contribution is 0.0931. The second-order valence-electron chi connectivity index (χ2n) is 6.57. The summed E-state index contributed by atoms with van der Waals surface area (Å²) in [5.41, 5.74) is 2.33. The van der Waals surface area contributed by atoms with E-state index in [0.717, 1.165) is 36.3 Å². The third-order valence-corrected chi connectivity index (χ3v) is 4.56. The summed E-state index contributed by atoms with van der Waals surface area (Å²) >= 11 is 0. The number of halogens is 1. The Kier molecular flexibility index (Phi) is 4.88. The molecule has 3 rings (SSSR count). The van der Waals surface area contributed by atoms with Crippen LogP contribution in [-0.4, -0.2) is 30.0 Å². The summed E-state index contributed by atoms with van der Waals surface area (Å²) in [5, 5.41) is 2.95. The van der Waals surface area contributed by atoms with Crippen molar-refractivity contribution in [2.24, 2.45) is 0 Å². The number of aryl methyl sites for hydroxylation is 2.